The molecule has 142 valence electrons. The largest absolute Gasteiger partial charge is 0.413 e. The zero-order valence-electron chi connectivity index (χ0n) is 14.2. The highest BCUT2D eigenvalue weighted by molar-refractivity contribution is 6.35. The van der Waals surface area contributed by atoms with Gasteiger partial charge in [-0.3, -0.25) is 4.68 Å². The molecule has 0 bridgehead atoms. The van der Waals surface area contributed by atoms with Crippen LogP contribution in [0.4, 0.5) is 13.6 Å². The Morgan fingerprint density at radius 2 is 2.04 bits per heavy atom. The quantitative estimate of drug-likeness (QED) is 0.763. The first-order chi connectivity index (χ1) is 12.2. The third-order valence-electron chi connectivity index (χ3n) is 3.55. The van der Waals surface area contributed by atoms with E-state index in [9.17, 15) is 13.6 Å². The van der Waals surface area contributed by atoms with Crippen LogP contribution < -0.4 is 10.1 Å². The molecule has 0 spiro atoms. The van der Waals surface area contributed by atoms with Crippen LogP contribution in [0.2, 0.25) is 10.0 Å². The van der Waals surface area contributed by atoms with Gasteiger partial charge in [-0.1, -0.05) is 29.3 Å². The molecule has 0 saturated heterocycles. The van der Waals surface area contributed by atoms with Crippen molar-refractivity contribution in [3.05, 3.63) is 45.7 Å². The molecular formula is C16H17Cl2F2N3O3. The molecular weight excluding hydrogens is 391 g/mol. The van der Waals surface area contributed by atoms with Gasteiger partial charge < -0.3 is 14.8 Å². The molecule has 1 N–H and O–H groups in total. The predicted octanol–water partition coefficient (Wildman–Crippen LogP) is 4.53. The number of halogens is 4. The second-order valence-corrected chi connectivity index (χ2v) is 6.34. The van der Waals surface area contributed by atoms with Gasteiger partial charge in [-0.2, -0.15) is 5.10 Å². The molecule has 0 aliphatic carbocycles. The molecule has 2 aromatic rings. The van der Waals surface area contributed by atoms with Crippen molar-refractivity contribution in [2.24, 2.45) is 7.05 Å². The summed E-state index contributed by atoms with van der Waals surface area (Å²) >= 11 is 12.0. The summed E-state index contributed by atoms with van der Waals surface area (Å²) in [7, 11) is 2.90. The minimum absolute atomic E-state index is 0.314. The average Bonchev–Trinajstić information content (AvgIpc) is 2.90. The van der Waals surface area contributed by atoms with E-state index < -0.39 is 30.4 Å². The normalized spacial score (nSPS) is 13.5. The van der Waals surface area contributed by atoms with Crippen LogP contribution in [0.5, 0.6) is 5.75 Å². The molecule has 0 aliphatic heterocycles. The van der Waals surface area contributed by atoms with E-state index in [1.165, 1.54) is 20.4 Å². The predicted molar refractivity (Wildman–Crippen MR) is 93.0 cm³/mol. The van der Waals surface area contributed by atoms with Crippen LogP contribution in [0, 0.1) is 0 Å². The Morgan fingerprint density at radius 3 is 2.62 bits per heavy atom. The molecule has 1 aromatic carbocycles. The number of ether oxygens (including phenoxy) is 2. The van der Waals surface area contributed by atoms with Gasteiger partial charge in [-0.15, -0.1) is 0 Å². The van der Waals surface area contributed by atoms with E-state index in [0.29, 0.717) is 15.6 Å². The van der Waals surface area contributed by atoms with Crippen molar-refractivity contribution in [1.29, 1.82) is 0 Å². The lowest BCUT2D eigenvalue weighted by atomic mass is 10.0. The molecule has 0 unspecified atom stereocenters. The molecule has 10 heteroatoms. The Bertz CT molecular complexity index is 786. The molecule has 6 nitrogen and oxygen atoms in total. The van der Waals surface area contributed by atoms with Crippen LogP contribution in [-0.2, 0) is 11.8 Å². The number of carbonyl (C=O) groups is 1. The molecule has 1 aromatic heterocycles. The van der Waals surface area contributed by atoms with Gasteiger partial charge in [0.15, 0.2) is 11.4 Å². The fourth-order valence-electron chi connectivity index (χ4n) is 2.44. The van der Waals surface area contributed by atoms with Gasteiger partial charge in [0.25, 0.3) is 6.43 Å². The van der Waals surface area contributed by atoms with Crippen molar-refractivity contribution < 1.29 is 23.0 Å². The standard InChI is InChI=1S/C16H17Cl2F2N3O3/c1-8(14(25-3)10-5-4-9(17)6-11(10)18)21-16(24)26-12-7-23(2)22-13(12)15(19)20/h4-8,14-15H,1-3H3,(H,21,24)/t8-,14+/m1/s1. The zero-order chi connectivity index (χ0) is 19.4. The highest BCUT2D eigenvalue weighted by Crippen LogP contribution is 2.31. The lowest BCUT2D eigenvalue weighted by molar-refractivity contribution is 0.0730. The molecule has 0 aliphatic rings. The van der Waals surface area contributed by atoms with Crippen molar-refractivity contribution in [3.63, 3.8) is 0 Å². The molecule has 2 rings (SSSR count). The van der Waals surface area contributed by atoms with E-state index in [0.717, 1.165) is 4.68 Å². The first kappa shape index (κ1) is 20.4. The number of carbonyl (C=O) groups excluding carboxylic acids is 1. The minimum Gasteiger partial charge on any atom is -0.406 e. The van der Waals surface area contributed by atoms with Gasteiger partial charge in [0.1, 0.15) is 6.10 Å². The van der Waals surface area contributed by atoms with Gasteiger partial charge in [0, 0.05) is 29.8 Å². The summed E-state index contributed by atoms with van der Waals surface area (Å²) in [6.45, 7) is 1.66. The smallest absolute Gasteiger partial charge is 0.406 e. The fraction of sp³-hybridized carbons (Fsp3) is 0.375. The topological polar surface area (TPSA) is 65.4 Å². The number of hydrogen-bond donors (Lipinski definition) is 1. The van der Waals surface area contributed by atoms with Crippen LogP contribution in [0.25, 0.3) is 0 Å². The van der Waals surface area contributed by atoms with Crippen molar-refractivity contribution in [2.45, 2.75) is 25.5 Å². The second kappa shape index (κ2) is 8.66. The number of aromatic nitrogens is 2. The highest BCUT2D eigenvalue weighted by Gasteiger charge is 2.26. The molecule has 0 radical (unpaired) electrons. The number of hydrogen-bond acceptors (Lipinski definition) is 4. The molecule has 0 fully saturated rings. The number of methoxy groups -OCH3 is 1. The van der Waals surface area contributed by atoms with E-state index >= 15 is 0 Å². The molecule has 2 atom stereocenters. The molecule has 1 heterocycles. The molecule has 26 heavy (non-hydrogen) atoms. The number of amides is 1. The van der Waals surface area contributed by atoms with Crippen LogP contribution in [0.3, 0.4) is 0 Å². The number of nitrogens with zero attached hydrogens (tertiary/aromatic N) is 2. The van der Waals surface area contributed by atoms with Gasteiger partial charge in [0.2, 0.25) is 0 Å². The van der Waals surface area contributed by atoms with Gasteiger partial charge in [-0.05, 0) is 19.1 Å². The van der Waals surface area contributed by atoms with Gasteiger partial charge >= 0.3 is 6.09 Å². The number of nitrogens with one attached hydrogen (secondary N) is 1. The fourth-order valence-corrected chi connectivity index (χ4v) is 2.95. The third-order valence-corrected chi connectivity index (χ3v) is 4.12. The first-order valence-electron chi connectivity index (χ1n) is 7.50. The maximum Gasteiger partial charge on any atom is 0.413 e. The van der Waals surface area contributed by atoms with Crippen LogP contribution in [-0.4, -0.2) is 29.0 Å². The Labute approximate surface area is 159 Å². The Balaban J connectivity index is 2.10. The Kier molecular flexibility index (Phi) is 6.80. The van der Waals surface area contributed by atoms with E-state index in [4.69, 9.17) is 32.7 Å². The Morgan fingerprint density at radius 1 is 1.35 bits per heavy atom. The van der Waals surface area contributed by atoms with E-state index in [1.807, 2.05) is 0 Å². The summed E-state index contributed by atoms with van der Waals surface area (Å²) in [6, 6.07) is 4.31. The van der Waals surface area contributed by atoms with Crippen molar-refractivity contribution in [1.82, 2.24) is 15.1 Å². The van der Waals surface area contributed by atoms with Crippen LogP contribution in [0.15, 0.2) is 24.4 Å². The number of aryl methyl sites for hydroxylation is 1. The van der Waals surface area contributed by atoms with E-state index in [1.54, 1.807) is 25.1 Å². The maximum atomic E-state index is 12.9. The second-order valence-electron chi connectivity index (χ2n) is 5.50. The molecule has 0 saturated carbocycles. The summed E-state index contributed by atoms with van der Waals surface area (Å²) in [5.74, 6) is -0.314. The lowest BCUT2D eigenvalue weighted by Gasteiger charge is -2.24. The van der Waals surface area contributed by atoms with Gasteiger partial charge in [-0.25, -0.2) is 13.6 Å². The Hall–Kier alpha value is -1.90. The summed E-state index contributed by atoms with van der Waals surface area (Å²) in [5.41, 5.74) is 0.000328. The monoisotopic (exact) mass is 407 g/mol. The lowest BCUT2D eigenvalue weighted by Crippen LogP contribution is -2.39. The maximum absolute atomic E-state index is 12.9. The van der Waals surface area contributed by atoms with Crippen molar-refractivity contribution in [3.8, 4) is 5.75 Å². The summed E-state index contributed by atoms with van der Waals surface area (Å²) < 4.78 is 37.3. The van der Waals surface area contributed by atoms with E-state index in [2.05, 4.69) is 10.4 Å². The minimum atomic E-state index is -2.86. The number of alkyl halides is 2. The van der Waals surface area contributed by atoms with Crippen LogP contribution in [0.1, 0.15) is 30.7 Å². The highest BCUT2D eigenvalue weighted by atomic mass is 35.5. The summed E-state index contributed by atoms with van der Waals surface area (Å²) in [6.07, 6.45) is -3.19. The summed E-state index contributed by atoms with van der Waals surface area (Å²) in [4.78, 5) is 12.1. The average molecular weight is 408 g/mol. The van der Waals surface area contributed by atoms with E-state index in [-0.39, 0.29) is 5.75 Å². The van der Waals surface area contributed by atoms with Crippen LogP contribution >= 0.6 is 23.2 Å². The third kappa shape index (κ3) is 4.84. The number of rotatable bonds is 6. The van der Waals surface area contributed by atoms with Gasteiger partial charge in [0.05, 0.1) is 12.2 Å². The summed E-state index contributed by atoms with van der Waals surface area (Å²) in [5, 5.41) is 6.94. The SMILES string of the molecule is CO[C@H](c1ccc(Cl)cc1Cl)[C@@H](C)NC(=O)Oc1cn(C)nc1C(F)F. The first-order valence-corrected chi connectivity index (χ1v) is 8.26. The van der Waals surface area contributed by atoms with Crippen molar-refractivity contribution >= 4 is 29.3 Å². The van der Waals surface area contributed by atoms with Crippen molar-refractivity contribution in [2.75, 3.05) is 7.11 Å². The number of benzene rings is 1. The zero-order valence-corrected chi connectivity index (χ0v) is 15.7. The molecule has 1 amide bonds.